The molecule has 0 amide bonds. The Morgan fingerprint density at radius 1 is 1.25 bits per heavy atom. The van der Waals surface area contributed by atoms with Gasteiger partial charge >= 0.3 is 0 Å². The van der Waals surface area contributed by atoms with E-state index in [-0.39, 0.29) is 0 Å². The van der Waals surface area contributed by atoms with E-state index in [0.29, 0.717) is 6.04 Å². The highest BCUT2D eigenvalue weighted by molar-refractivity contribution is 5.45. The molecule has 1 aromatic heterocycles. The van der Waals surface area contributed by atoms with Gasteiger partial charge in [0.25, 0.3) is 0 Å². The van der Waals surface area contributed by atoms with Gasteiger partial charge in [-0.25, -0.2) is 9.99 Å². The maximum absolute atomic E-state index is 4.47. The van der Waals surface area contributed by atoms with Crippen LogP contribution in [0.3, 0.4) is 0 Å². The van der Waals surface area contributed by atoms with Gasteiger partial charge < -0.3 is 9.58 Å². The van der Waals surface area contributed by atoms with Crippen molar-refractivity contribution in [2.45, 2.75) is 32.4 Å². The average molecular weight is 270 g/mol. The van der Waals surface area contributed by atoms with Gasteiger partial charge in [0.1, 0.15) is 5.82 Å². The third kappa shape index (κ3) is 2.56. The molecule has 4 heteroatoms. The van der Waals surface area contributed by atoms with Gasteiger partial charge in [0.15, 0.2) is 0 Å². The normalized spacial score (nSPS) is 20.3. The first-order valence-electron chi connectivity index (χ1n) is 7.31. The zero-order valence-corrected chi connectivity index (χ0v) is 12.2. The van der Waals surface area contributed by atoms with Crippen molar-refractivity contribution in [1.29, 1.82) is 0 Å². The van der Waals surface area contributed by atoms with Crippen LogP contribution in [0.2, 0.25) is 0 Å². The Hall–Kier alpha value is -1.81. The van der Waals surface area contributed by atoms with Gasteiger partial charge in [-0.3, -0.25) is 0 Å². The van der Waals surface area contributed by atoms with Gasteiger partial charge in [0.05, 0.1) is 12.2 Å². The zero-order chi connectivity index (χ0) is 13.9. The number of aromatic nitrogens is 2. The Balaban J connectivity index is 1.85. The van der Waals surface area contributed by atoms with Gasteiger partial charge in [0, 0.05) is 32.0 Å². The lowest BCUT2D eigenvalue weighted by Crippen LogP contribution is -2.51. The van der Waals surface area contributed by atoms with Gasteiger partial charge in [0.2, 0.25) is 0 Å². The molecule has 0 N–H and O–H groups in total. The Morgan fingerprint density at radius 2 is 2.05 bits per heavy atom. The number of imidazole rings is 1. The van der Waals surface area contributed by atoms with E-state index in [1.807, 2.05) is 12.4 Å². The number of rotatable bonds is 3. The molecule has 106 valence electrons. The molecule has 0 aliphatic carbocycles. The Labute approximate surface area is 120 Å². The summed E-state index contributed by atoms with van der Waals surface area (Å²) in [5.41, 5.74) is 1.27. The van der Waals surface area contributed by atoms with Gasteiger partial charge in [-0.1, -0.05) is 18.2 Å². The van der Waals surface area contributed by atoms with Crippen molar-refractivity contribution in [1.82, 2.24) is 14.6 Å². The first kappa shape index (κ1) is 13.2. The number of nitrogens with zero attached hydrogens (tertiary/aromatic N) is 4. The molecule has 1 fully saturated rings. The lowest BCUT2D eigenvalue weighted by molar-refractivity contribution is 0.134. The van der Waals surface area contributed by atoms with Crippen LogP contribution in [0.15, 0.2) is 42.7 Å². The fourth-order valence-corrected chi connectivity index (χ4v) is 2.86. The second-order valence-corrected chi connectivity index (χ2v) is 5.50. The molecular weight excluding hydrogens is 248 g/mol. The lowest BCUT2D eigenvalue weighted by Gasteiger charge is -2.44. The topological polar surface area (TPSA) is 24.3 Å². The highest BCUT2D eigenvalue weighted by Crippen LogP contribution is 2.26. The molecule has 1 aromatic carbocycles. The maximum Gasteiger partial charge on any atom is 0.124 e. The predicted molar refractivity (Wildman–Crippen MR) is 81.2 cm³/mol. The molecular formula is C16H22N4. The quantitative estimate of drug-likeness (QED) is 0.857. The zero-order valence-electron chi connectivity index (χ0n) is 12.2. The number of benzene rings is 1. The molecule has 2 heterocycles. The van der Waals surface area contributed by atoms with E-state index >= 15 is 0 Å². The minimum absolute atomic E-state index is 0.542. The molecule has 2 aromatic rings. The molecule has 0 saturated carbocycles. The van der Waals surface area contributed by atoms with Crippen LogP contribution in [0.4, 0.5) is 5.69 Å². The van der Waals surface area contributed by atoms with Crippen LogP contribution >= 0.6 is 0 Å². The summed E-state index contributed by atoms with van der Waals surface area (Å²) in [6.45, 7) is 4.25. The largest absolute Gasteiger partial charge is 0.337 e. The molecule has 1 aliphatic heterocycles. The standard InChI is InChI=1S/C16H22N4/c1-14-7-6-11-19(15-8-4-3-5-9-15)20(14)13-16-17-10-12-18(16)2/h3-5,8-10,12,14H,6-7,11,13H2,1-2H3/t14-/m1/s1. The van der Waals surface area contributed by atoms with Crippen molar-refractivity contribution in [2.24, 2.45) is 7.05 Å². The summed E-state index contributed by atoms with van der Waals surface area (Å²) in [6, 6.07) is 11.2. The highest BCUT2D eigenvalue weighted by atomic mass is 15.6. The van der Waals surface area contributed by atoms with Crippen molar-refractivity contribution >= 4 is 5.69 Å². The summed E-state index contributed by atoms with van der Waals surface area (Å²) in [5.74, 6) is 1.11. The molecule has 1 atom stereocenters. The molecule has 1 aliphatic rings. The molecule has 0 unspecified atom stereocenters. The number of anilines is 1. The predicted octanol–water partition coefficient (Wildman–Crippen LogP) is 2.83. The average Bonchev–Trinajstić information content (AvgIpc) is 2.87. The highest BCUT2D eigenvalue weighted by Gasteiger charge is 2.27. The third-order valence-electron chi connectivity index (χ3n) is 4.09. The fraction of sp³-hybridized carbons (Fsp3) is 0.438. The van der Waals surface area contributed by atoms with Crippen LogP contribution in [-0.4, -0.2) is 27.1 Å². The molecule has 0 spiro atoms. The van der Waals surface area contributed by atoms with E-state index in [1.54, 1.807) is 0 Å². The molecule has 0 bridgehead atoms. The van der Waals surface area contributed by atoms with E-state index in [4.69, 9.17) is 0 Å². The van der Waals surface area contributed by atoms with E-state index in [0.717, 1.165) is 18.9 Å². The van der Waals surface area contributed by atoms with Crippen molar-refractivity contribution in [3.63, 3.8) is 0 Å². The van der Waals surface area contributed by atoms with Crippen molar-refractivity contribution in [3.05, 3.63) is 48.5 Å². The van der Waals surface area contributed by atoms with E-state index in [9.17, 15) is 0 Å². The van der Waals surface area contributed by atoms with Crippen molar-refractivity contribution < 1.29 is 0 Å². The summed E-state index contributed by atoms with van der Waals surface area (Å²) in [5, 5.41) is 4.85. The van der Waals surface area contributed by atoms with Gasteiger partial charge in [-0.05, 0) is 31.9 Å². The summed E-state index contributed by atoms with van der Waals surface area (Å²) in [6.07, 6.45) is 6.37. The number of hydrogen-bond acceptors (Lipinski definition) is 3. The summed E-state index contributed by atoms with van der Waals surface area (Å²) in [7, 11) is 2.06. The Kier molecular flexibility index (Phi) is 3.74. The smallest absolute Gasteiger partial charge is 0.124 e. The first-order valence-corrected chi connectivity index (χ1v) is 7.31. The second kappa shape index (κ2) is 5.67. The monoisotopic (exact) mass is 270 g/mol. The summed E-state index contributed by atoms with van der Waals surface area (Å²) >= 11 is 0. The molecule has 0 radical (unpaired) electrons. The molecule has 3 rings (SSSR count). The minimum atomic E-state index is 0.542. The van der Waals surface area contributed by atoms with Crippen LogP contribution < -0.4 is 5.01 Å². The summed E-state index contributed by atoms with van der Waals surface area (Å²) < 4.78 is 2.10. The fourth-order valence-electron chi connectivity index (χ4n) is 2.86. The van der Waals surface area contributed by atoms with E-state index in [1.165, 1.54) is 18.5 Å². The molecule has 20 heavy (non-hydrogen) atoms. The SMILES string of the molecule is C[C@@H]1CCCN(c2ccccc2)N1Cc1nccn1C. The number of para-hydroxylation sites is 1. The Morgan fingerprint density at radius 3 is 2.75 bits per heavy atom. The number of hydrazine groups is 1. The lowest BCUT2D eigenvalue weighted by atomic mass is 10.1. The van der Waals surface area contributed by atoms with Crippen LogP contribution in [0.1, 0.15) is 25.6 Å². The number of aryl methyl sites for hydroxylation is 1. The van der Waals surface area contributed by atoms with Gasteiger partial charge in [-0.15, -0.1) is 0 Å². The summed E-state index contributed by atoms with van der Waals surface area (Å²) in [4.78, 5) is 4.47. The molecule has 1 saturated heterocycles. The van der Waals surface area contributed by atoms with Gasteiger partial charge in [-0.2, -0.15) is 0 Å². The van der Waals surface area contributed by atoms with Crippen molar-refractivity contribution in [3.8, 4) is 0 Å². The number of hydrogen-bond donors (Lipinski definition) is 0. The van der Waals surface area contributed by atoms with Crippen molar-refractivity contribution in [2.75, 3.05) is 11.6 Å². The first-order chi connectivity index (χ1) is 9.75. The molecule has 4 nitrogen and oxygen atoms in total. The van der Waals surface area contributed by atoms with E-state index < -0.39 is 0 Å². The van der Waals surface area contributed by atoms with E-state index in [2.05, 4.69) is 63.9 Å². The minimum Gasteiger partial charge on any atom is -0.337 e. The van der Waals surface area contributed by atoms with Crippen LogP contribution in [-0.2, 0) is 13.6 Å². The van der Waals surface area contributed by atoms with Crippen LogP contribution in [0, 0.1) is 0 Å². The van der Waals surface area contributed by atoms with Crippen LogP contribution in [0.25, 0.3) is 0 Å². The van der Waals surface area contributed by atoms with Crippen LogP contribution in [0.5, 0.6) is 0 Å². The maximum atomic E-state index is 4.47. The Bertz CT molecular complexity index is 549. The second-order valence-electron chi connectivity index (χ2n) is 5.50. The third-order valence-corrected chi connectivity index (χ3v) is 4.09.